The van der Waals surface area contributed by atoms with E-state index >= 15 is 0 Å². The number of ketones is 1. The zero-order chi connectivity index (χ0) is 12.4. The van der Waals surface area contributed by atoms with Gasteiger partial charge in [0.05, 0.1) is 5.92 Å². The minimum Gasteiger partial charge on any atom is -0.465 e. The van der Waals surface area contributed by atoms with Gasteiger partial charge in [0.1, 0.15) is 12.4 Å². The fraction of sp³-hybridized carbons (Fsp3) is 0.833. The molecule has 0 aromatic carbocycles. The first-order valence-electron chi connectivity index (χ1n) is 5.88. The highest BCUT2D eigenvalue weighted by molar-refractivity contribution is 5.78. The van der Waals surface area contributed by atoms with Crippen molar-refractivity contribution in [2.24, 2.45) is 5.92 Å². The third-order valence-electron chi connectivity index (χ3n) is 2.55. The number of hydrogen-bond donors (Lipinski definition) is 1. The van der Waals surface area contributed by atoms with E-state index in [1.807, 2.05) is 6.92 Å². The normalized spacial score (nSPS) is 12.2. The molecule has 1 N–H and O–H groups in total. The van der Waals surface area contributed by atoms with E-state index in [-0.39, 0.29) is 30.9 Å². The van der Waals surface area contributed by atoms with Crippen molar-refractivity contribution in [3.63, 3.8) is 0 Å². The van der Waals surface area contributed by atoms with Gasteiger partial charge in [-0.05, 0) is 26.2 Å². The van der Waals surface area contributed by atoms with Crippen LogP contribution in [0.1, 0.15) is 46.0 Å². The topological polar surface area (TPSA) is 63.6 Å². The maximum absolute atomic E-state index is 11.3. The predicted octanol–water partition coefficient (Wildman–Crippen LogP) is 1.70. The summed E-state index contributed by atoms with van der Waals surface area (Å²) in [5.74, 6) is -0.352. The number of hydrogen-bond acceptors (Lipinski definition) is 4. The summed E-state index contributed by atoms with van der Waals surface area (Å²) in [5, 5.41) is 8.55. The summed E-state index contributed by atoms with van der Waals surface area (Å²) < 4.78 is 5.01. The zero-order valence-corrected chi connectivity index (χ0v) is 10.2. The first-order chi connectivity index (χ1) is 7.61. The lowest BCUT2D eigenvalue weighted by molar-refractivity contribution is -0.146. The summed E-state index contributed by atoms with van der Waals surface area (Å²) in [4.78, 5) is 22.3. The van der Waals surface area contributed by atoms with Crippen molar-refractivity contribution >= 4 is 11.8 Å². The Balaban J connectivity index is 3.59. The predicted molar refractivity (Wildman–Crippen MR) is 61.0 cm³/mol. The van der Waals surface area contributed by atoms with E-state index in [2.05, 4.69) is 0 Å². The Morgan fingerprint density at radius 1 is 1.25 bits per heavy atom. The van der Waals surface area contributed by atoms with E-state index in [0.717, 1.165) is 19.3 Å². The fourth-order valence-corrected chi connectivity index (χ4v) is 1.35. The van der Waals surface area contributed by atoms with E-state index < -0.39 is 0 Å². The lowest BCUT2D eigenvalue weighted by atomic mass is 10.0. The molecule has 16 heavy (non-hydrogen) atoms. The van der Waals surface area contributed by atoms with Gasteiger partial charge in [0.25, 0.3) is 0 Å². The molecule has 0 fully saturated rings. The summed E-state index contributed by atoms with van der Waals surface area (Å²) in [6.07, 6.45) is 3.35. The number of esters is 1. The van der Waals surface area contributed by atoms with Crippen molar-refractivity contribution in [3.05, 3.63) is 0 Å². The molecule has 0 rings (SSSR count). The van der Waals surface area contributed by atoms with Gasteiger partial charge in [-0.25, -0.2) is 0 Å². The van der Waals surface area contributed by atoms with Gasteiger partial charge in [-0.15, -0.1) is 0 Å². The van der Waals surface area contributed by atoms with Crippen LogP contribution in [0.15, 0.2) is 0 Å². The maximum atomic E-state index is 11.3. The molecular formula is C12H22O4. The van der Waals surface area contributed by atoms with Crippen LogP contribution in [-0.4, -0.2) is 30.1 Å². The number of unbranched alkanes of at least 4 members (excludes halogenated alkanes) is 2. The van der Waals surface area contributed by atoms with E-state index in [0.29, 0.717) is 12.8 Å². The summed E-state index contributed by atoms with van der Waals surface area (Å²) >= 11 is 0. The Hall–Kier alpha value is -0.900. The van der Waals surface area contributed by atoms with Crippen molar-refractivity contribution in [2.45, 2.75) is 46.0 Å². The molecule has 0 aliphatic rings. The number of aliphatic hydroxyl groups is 1. The van der Waals surface area contributed by atoms with E-state index in [4.69, 9.17) is 9.84 Å². The van der Waals surface area contributed by atoms with Gasteiger partial charge in [0, 0.05) is 13.0 Å². The van der Waals surface area contributed by atoms with Gasteiger partial charge < -0.3 is 9.84 Å². The lowest BCUT2D eigenvalue weighted by Crippen LogP contribution is -2.19. The molecule has 0 heterocycles. The molecule has 0 amide bonds. The number of aliphatic hydroxyl groups excluding tert-OH is 1. The molecule has 0 bridgehead atoms. The molecule has 0 aromatic rings. The number of Topliss-reactive ketones (excluding diaryl/α,β-unsaturated/α-hetero) is 1. The third kappa shape index (κ3) is 7.40. The summed E-state index contributed by atoms with van der Waals surface area (Å²) in [6.45, 7) is 3.78. The lowest BCUT2D eigenvalue weighted by Gasteiger charge is -2.11. The van der Waals surface area contributed by atoms with Gasteiger partial charge >= 0.3 is 5.97 Å². The van der Waals surface area contributed by atoms with Crippen LogP contribution < -0.4 is 0 Å². The minimum absolute atomic E-state index is 0.0654. The summed E-state index contributed by atoms with van der Waals surface area (Å²) in [5.41, 5.74) is 0. The monoisotopic (exact) mass is 230 g/mol. The van der Waals surface area contributed by atoms with Crippen molar-refractivity contribution < 1.29 is 19.4 Å². The second-order valence-corrected chi connectivity index (χ2v) is 3.93. The molecule has 1 atom stereocenters. The van der Waals surface area contributed by atoms with Crippen molar-refractivity contribution in [1.82, 2.24) is 0 Å². The minimum atomic E-state index is -0.252. The van der Waals surface area contributed by atoms with Crippen LogP contribution in [0.4, 0.5) is 0 Å². The molecule has 4 heteroatoms. The third-order valence-corrected chi connectivity index (χ3v) is 2.55. The Morgan fingerprint density at radius 3 is 2.44 bits per heavy atom. The zero-order valence-electron chi connectivity index (χ0n) is 10.2. The summed E-state index contributed by atoms with van der Waals surface area (Å²) in [6, 6.07) is 0. The first kappa shape index (κ1) is 15.1. The Labute approximate surface area is 97.0 Å². The van der Waals surface area contributed by atoms with Crippen LogP contribution in [0.5, 0.6) is 0 Å². The van der Waals surface area contributed by atoms with Crippen LogP contribution in [0.3, 0.4) is 0 Å². The van der Waals surface area contributed by atoms with Gasteiger partial charge in [0.2, 0.25) is 0 Å². The van der Waals surface area contributed by atoms with Gasteiger partial charge in [-0.3, -0.25) is 9.59 Å². The second kappa shape index (κ2) is 9.33. The number of carbonyl (C=O) groups excluding carboxylic acids is 2. The SMILES string of the molecule is CCC(COC(=O)CCCCCO)C(C)=O. The fourth-order valence-electron chi connectivity index (χ4n) is 1.35. The van der Waals surface area contributed by atoms with Crippen LogP contribution in [0, 0.1) is 5.92 Å². The number of carbonyl (C=O) groups is 2. The van der Waals surface area contributed by atoms with Crippen molar-refractivity contribution in [3.8, 4) is 0 Å². The highest BCUT2D eigenvalue weighted by Crippen LogP contribution is 2.06. The standard InChI is InChI=1S/C12H22O4/c1-3-11(10(2)14)9-16-12(15)7-5-4-6-8-13/h11,13H,3-9H2,1-2H3. The van der Waals surface area contributed by atoms with Crippen LogP contribution in [0.25, 0.3) is 0 Å². The van der Waals surface area contributed by atoms with Gasteiger partial charge in [-0.1, -0.05) is 13.3 Å². The molecule has 1 unspecified atom stereocenters. The average Bonchev–Trinajstić information content (AvgIpc) is 2.25. The van der Waals surface area contributed by atoms with Gasteiger partial charge in [0.15, 0.2) is 0 Å². The molecular weight excluding hydrogens is 208 g/mol. The first-order valence-corrected chi connectivity index (χ1v) is 5.88. The van der Waals surface area contributed by atoms with Crippen molar-refractivity contribution in [2.75, 3.05) is 13.2 Å². The van der Waals surface area contributed by atoms with E-state index in [9.17, 15) is 9.59 Å². The van der Waals surface area contributed by atoms with Crippen LogP contribution in [0.2, 0.25) is 0 Å². The smallest absolute Gasteiger partial charge is 0.305 e. The number of rotatable bonds is 9. The largest absolute Gasteiger partial charge is 0.465 e. The van der Waals surface area contributed by atoms with E-state index in [1.54, 1.807) is 0 Å². The molecule has 4 nitrogen and oxygen atoms in total. The maximum Gasteiger partial charge on any atom is 0.305 e. The Bertz CT molecular complexity index is 213. The Kier molecular flexibility index (Phi) is 8.81. The van der Waals surface area contributed by atoms with Gasteiger partial charge in [-0.2, -0.15) is 0 Å². The Morgan fingerprint density at radius 2 is 1.94 bits per heavy atom. The van der Waals surface area contributed by atoms with E-state index in [1.165, 1.54) is 6.92 Å². The molecule has 0 spiro atoms. The number of ether oxygens (including phenoxy) is 1. The van der Waals surface area contributed by atoms with Crippen molar-refractivity contribution in [1.29, 1.82) is 0 Å². The molecule has 0 aromatic heterocycles. The highest BCUT2D eigenvalue weighted by Gasteiger charge is 2.14. The molecule has 0 saturated heterocycles. The molecule has 94 valence electrons. The highest BCUT2D eigenvalue weighted by atomic mass is 16.5. The molecule has 0 radical (unpaired) electrons. The van der Waals surface area contributed by atoms with Crippen LogP contribution in [-0.2, 0) is 14.3 Å². The quantitative estimate of drug-likeness (QED) is 0.483. The molecule has 0 saturated carbocycles. The molecule has 0 aliphatic carbocycles. The molecule has 0 aliphatic heterocycles. The average molecular weight is 230 g/mol. The summed E-state index contributed by atoms with van der Waals surface area (Å²) in [7, 11) is 0. The second-order valence-electron chi connectivity index (χ2n) is 3.93. The van der Waals surface area contributed by atoms with Crippen LogP contribution >= 0.6 is 0 Å².